The Balaban J connectivity index is 1.55. The van der Waals surface area contributed by atoms with Gasteiger partial charge in [0.15, 0.2) is 5.17 Å². The molecule has 0 aliphatic carbocycles. The van der Waals surface area contributed by atoms with Crippen LogP contribution in [0.1, 0.15) is 18.9 Å². The first-order chi connectivity index (χ1) is 17.4. The summed E-state index contributed by atoms with van der Waals surface area (Å²) in [6, 6.07) is 20.1. The molecule has 0 saturated carbocycles. The monoisotopic (exact) mass is 507 g/mol. The molecule has 4 rings (SSSR count). The van der Waals surface area contributed by atoms with Crippen LogP contribution in [0.2, 0.25) is 0 Å². The largest absolute Gasteiger partial charge is 0.497 e. The van der Waals surface area contributed by atoms with Gasteiger partial charge in [-0.25, -0.2) is 9.38 Å². The topological polar surface area (TPSA) is 80.2 Å². The molecule has 1 N–H and O–H groups in total. The highest BCUT2D eigenvalue weighted by molar-refractivity contribution is 8.15. The zero-order valence-corrected chi connectivity index (χ0v) is 20.8. The zero-order valence-electron chi connectivity index (χ0n) is 19.9. The Kier molecular flexibility index (Phi) is 8.22. The number of hydrogen-bond donors (Lipinski definition) is 1. The summed E-state index contributed by atoms with van der Waals surface area (Å²) in [5.74, 6) is 0.514. The number of carbonyl (C=O) groups is 2. The maximum atomic E-state index is 13.4. The second-order valence-corrected chi connectivity index (χ2v) is 9.13. The number of rotatable bonds is 8. The molecule has 0 radical (unpaired) electrons. The Hall–Kier alpha value is -3.85. The molecule has 2 amide bonds. The van der Waals surface area contributed by atoms with Crippen molar-refractivity contribution in [3.8, 4) is 11.5 Å². The predicted molar refractivity (Wildman–Crippen MR) is 139 cm³/mol. The number of thioether (sulfide) groups is 1. The Labute approximate surface area is 213 Å². The third kappa shape index (κ3) is 6.42. The van der Waals surface area contributed by atoms with Crippen molar-refractivity contribution in [2.24, 2.45) is 4.99 Å². The Morgan fingerprint density at radius 1 is 1.06 bits per heavy atom. The number of ether oxygens (including phenoxy) is 2. The Morgan fingerprint density at radius 2 is 1.72 bits per heavy atom. The third-order valence-electron chi connectivity index (χ3n) is 5.42. The number of amides is 2. The number of anilines is 1. The van der Waals surface area contributed by atoms with Gasteiger partial charge in [-0.3, -0.25) is 14.5 Å². The SMILES string of the molecule is CCOc1ccc(NC(=O)C2CC(=O)N(Cc3ccc(F)cc3)C(=Nc3ccc(OC)cc3)S2)cc1. The second kappa shape index (κ2) is 11.7. The van der Waals surface area contributed by atoms with E-state index in [2.05, 4.69) is 10.3 Å². The molecular weight excluding hydrogens is 481 g/mol. The predicted octanol–water partition coefficient (Wildman–Crippen LogP) is 5.39. The van der Waals surface area contributed by atoms with Gasteiger partial charge in [0.2, 0.25) is 11.8 Å². The lowest BCUT2D eigenvalue weighted by molar-refractivity contribution is -0.129. The minimum Gasteiger partial charge on any atom is -0.497 e. The van der Waals surface area contributed by atoms with Crippen molar-refractivity contribution >= 4 is 40.1 Å². The van der Waals surface area contributed by atoms with Gasteiger partial charge in [0.25, 0.3) is 0 Å². The zero-order chi connectivity index (χ0) is 25.5. The van der Waals surface area contributed by atoms with Gasteiger partial charge < -0.3 is 14.8 Å². The van der Waals surface area contributed by atoms with E-state index >= 15 is 0 Å². The van der Waals surface area contributed by atoms with Crippen molar-refractivity contribution in [3.63, 3.8) is 0 Å². The van der Waals surface area contributed by atoms with Crippen LogP contribution in [0.25, 0.3) is 0 Å². The van der Waals surface area contributed by atoms with Gasteiger partial charge in [-0.1, -0.05) is 23.9 Å². The molecule has 1 unspecified atom stereocenters. The van der Waals surface area contributed by atoms with Gasteiger partial charge in [0, 0.05) is 12.1 Å². The molecule has 3 aromatic rings. The summed E-state index contributed by atoms with van der Waals surface area (Å²) in [5, 5.41) is 2.61. The van der Waals surface area contributed by atoms with E-state index in [-0.39, 0.29) is 30.6 Å². The summed E-state index contributed by atoms with van der Waals surface area (Å²) in [6.45, 7) is 2.67. The number of methoxy groups -OCH3 is 1. The van der Waals surface area contributed by atoms with Crippen LogP contribution >= 0.6 is 11.8 Å². The molecule has 0 bridgehead atoms. The third-order valence-corrected chi connectivity index (χ3v) is 6.60. The van der Waals surface area contributed by atoms with Gasteiger partial charge in [-0.15, -0.1) is 0 Å². The van der Waals surface area contributed by atoms with E-state index in [4.69, 9.17) is 9.47 Å². The molecule has 1 saturated heterocycles. The first kappa shape index (κ1) is 25.2. The van der Waals surface area contributed by atoms with Crippen molar-refractivity contribution in [2.45, 2.75) is 25.1 Å². The van der Waals surface area contributed by atoms with Crippen LogP contribution in [0.3, 0.4) is 0 Å². The number of halogens is 1. The highest BCUT2D eigenvalue weighted by atomic mass is 32.2. The fraction of sp³-hybridized carbons (Fsp3) is 0.222. The normalized spacial score (nSPS) is 16.6. The van der Waals surface area contributed by atoms with E-state index < -0.39 is 5.25 Å². The van der Waals surface area contributed by atoms with E-state index in [1.165, 1.54) is 28.8 Å². The minimum absolute atomic E-state index is 0.0103. The summed E-state index contributed by atoms with van der Waals surface area (Å²) < 4.78 is 24.0. The second-order valence-electron chi connectivity index (χ2n) is 7.96. The van der Waals surface area contributed by atoms with Crippen molar-refractivity contribution < 1.29 is 23.5 Å². The standard InChI is InChI=1S/C27H26FN3O4S/c1-3-35-23-14-10-20(11-15-23)29-26(33)24-16-25(32)31(17-18-4-6-19(28)7-5-18)27(36-24)30-21-8-12-22(34-2)13-9-21/h4-15,24H,3,16-17H2,1-2H3,(H,29,33). The van der Waals surface area contributed by atoms with Crippen LogP contribution in [0.15, 0.2) is 77.8 Å². The van der Waals surface area contributed by atoms with Crippen LogP contribution in [0, 0.1) is 5.82 Å². The summed E-state index contributed by atoms with van der Waals surface area (Å²) in [5.41, 5.74) is 1.98. The van der Waals surface area contributed by atoms with E-state index in [0.717, 1.165) is 5.56 Å². The molecule has 1 fully saturated rings. The van der Waals surface area contributed by atoms with Crippen LogP contribution in [-0.4, -0.2) is 40.8 Å². The average Bonchev–Trinajstić information content (AvgIpc) is 2.89. The van der Waals surface area contributed by atoms with Crippen LogP contribution in [-0.2, 0) is 16.1 Å². The fourth-order valence-electron chi connectivity index (χ4n) is 3.56. The molecular formula is C27H26FN3O4S. The van der Waals surface area contributed by atoms with Gasteiger partial charge in [0.05, 0.1) is 25.9 Å². The van der Waals surface area contributed by atoms with Crippen LogP contribution in [0.4, 0.5) is 15.8 Å². The van der Waals surface area contributed by atoms with Gasteiger partial charge in [0.1, 0.15) is 22.6 Å². The molecule has 9 heteroatoms. The van der Waals surface area contributed by atoms with Crippen LogP contribution in [0.5, 0.6) is 11.5 Å². The molecule has 1 heterocycles. The minimum atomic E-state index is -0.662. The molecule has 0 spiro atoms. The number of nitrogens with one attached hydrogen (secondary N) is 1. The van der Waals surface area contributed by atoms with Crippen LogP contribution < -0.4 is 14.8 Å². The number of nitrogens with zero attached hydrogens (tertiary/aromatic N) is 2. The first-order valence-electron chi connectivity index (χ1n) is 11.4. The number of benzene rings is 3. The van der Waals surface area contributed by atoms with E-state index in [9.17, 15) is 14.0 Å². The van der Waals surface area contributed by atoms with E-state index in [0.29, 0.717) is 34.6 Å². The van der Waals surface area contributed by atoms with Crippen molar-refractivity contribution in [1.29, 1.82) is 0 Å². The Morgan fingerprint density at radius 3 is 2.36 bits per heavy atom. The molecule has 1 atom stereocenters. The van der Waals surface area contributed by atoms with E-state index in [1.807, 2.05) is 6.92 Å². The quantitative estimate of drug-likeness (QED) is 0.442. The van der Waals surface area contributed by atoms with Gasteiger partial charge >= 0.3 is 0 Å². The lowest BCUT2D eigenvalue weighted by Gasteiger charge is -2.32. The molecule has 186 valence electrons. The van der Waals surface area contributed by atoms with E-state index in [1.54, 1.807) is 67.8 Å². The van der Waals surface area contributed by atoms with Crippen molar-refractivity contribution in [1.82, 2.24) is 4.90 Å². The van der Waals surface area contributed by atoms with Crippen molar-refractivity contribution in [2.75, 3.05) is 19.0 Å². The smallest absolute Gasteiger partial charge is 0.238 e. The number of carbonyl (C=O) groups excluding carboxylic acids is 2. The summed E-state index contributed by atoms with van der Waals surface area (Å²) in [6.07, 6.45) is 0.0103. The molecule has 7 nitrogen and oxygen atoms in total. The lowest BCUT2D eigenvalue weighted by Crippen LogP contribution is -2.44. The Bertz CT molecular complexity index is 1230. The summed E-state index contributed by atoms with van der Waals surface area (Å²) in [7, 11) is 1.58. The van der Waals surface area contributed by atoms with Gasteiger partial charge in [-0.05, 0) is 73.2 Å². The lowest BCUT2D eigenvalue weighted by atomic mass is 10.2. The molecule has 1 aliphatic heterocycles. The molecule has 1 aliphatic rings. The first-order valence-corrected chi connectivity index (χ1v) is 12.3. The highest BCUT2D eigenvalue weighted by Crippen LogP contribution is 2.31. The summed E-state index contributed by atoms with van der Waals surface area (Å²) >= 11 is 1.22. The number of aliphatic imine (C=N–C) groups is 1. The molecule has 3 aromatic carbocycles. The fourth-order valence-corrected chi connectivity index (χ4v) is 4.66. The maximum Gasteiger partial charge on any atom is 0.238 e. The van der Waals surface area contributed by atoms with Gasteiger partial charge in [-0.2, -0.15) is 0 Å². The molecule has 0 aromatic heterocycles. The highest BCUT2D eigenvalue weighted by Gasteiger charge is 2.36. The average molecular weight is 508 g/mol. The molecule has 36 heavy (non-hydrogen) atoms. The maximum absolute atomic E-state index is 13.4. The summed E-state index contributed by atoms with van der Waals surface area (Å²) in [4.78, 5) is 32.5. The number of hydrogen-bond acceptors (Lipinski definition) is 6. The number of amidine groups is 1. The van der Waals surface area contributed by atoms with Crippen molar-refractivity contribution in [3.05, 3.63) is 84.2 Å².